The molecule has 0 heterocycles. The molecule has 0 aliphatic carbocycles. The van der Waals surface area contributed by atoms with Gasteiger partial charge in [0.1, 0.15) is 0 Å². The fraction of sp³-hybridized carbons (Fsp3) is 0.750. The van der Waals surface area contributed by atoms with Gasteiger partial charge in [-0.1, -0.05) is 41.5 Å². The molecule has 5 radical (unpaired) electrons. The molecule has 0 fully saturated rings. The maximum atomic E-state index is 3.64. The van der Waals surface area contributed by atoms with Crippen molar-refractivity contribution in [3.05, 3.63) is 13.8 Å². The number of rotatable bonds is 0. The van der Waals surface area contributed by atoms with E-state index in [0.717, 1.165) is 0 Å². The fourth-order valence-electron chi connectivity index (χ4n) is 0. The smallest absolute Gasteiger partial charge is 0 e. The zero-order valence-corrected chi connectivity index (χ0v) is 10.7. The monoisotopic (exact) mass is 270 g/mol. The molecule has 0 aliphatic rings. The van der Waals surface area contributed by atoms with E-state index in [9.17, 15) is 0 Å². The molecule has 0 nitrogen and oxygen atoms in total. The maximum absolute atomic E-state index is 3.64. The van der Waals surface area contributed by atoms with E-state index >= 15 is 0 Å². The quantitative estimate of drug-likeness (QED) is 0.525. The van der Waals surface area contributed by atoms with E-state index in [1.54, 1.807) is 0 Å². The number of hydrogen-bond donors (Lipinski definition) is 0. The van der Waals surface area contributed by atoms with Crippen LogP contribution in [0.25, 0.3) is 0 Å². The number of halogens is 1. The molecule has 0 spiro atoms. The minimum atomic E-state index is 0. The molecular weight excluding hydrogens is 253 g/mol. The molecule has 0 bridgehead atoms. The third-order valence-corrected chi connectivity index (χ3v) is 0. The first-order valence-electron chi connectivity index (χ1n) is 3.13. The molecule has 0 N–H and O–H groups in total. The summed E-state index contributed by atoms with van der Waals surface area (Å²) in [7, 11) is 0. The van der Waals surface area contributed by atoms with Gasteiger partial charge >= 0.3 is 0 Å². The van der Waals surface area contributed by atoms with E-state index in [4.69, 9.17) is 0 Å². The summed E-state index contributed by atoms with van der Waals surface area (Å²) in [6, 6.07) is 0. The Morgan fingerprint density at radius 3 is 0.800 bits per heavy atom. The Bertz CT molecular complexity index is 24.7. The molecular formula is C8H18ClSb-. The van der Waals surface area contributed by atoms with Gasteiger partial charge in [-0.3, -0.25) is 0 Å². The van der Waals surface area contributed by atoms with Gasteiger partial charge in [-0.05, 0) is 11.8 Å². The van der Waals surface area contributed by atoms with Gasteiger partial charge in [0.2, 0.25) is 0 Å². The van der Waals surface area contributed by atoms with E-state index < -0.39 is 0 Å². The second-order valence-electron chi connectivity index (χ2n) is 2.79. The van der Waals surface area contributed by atoms with Crippen LogP contribution in [0.3, 0.4) is 0 Å². The van der Waals surface area contributed by atoms with E-state index in [-0.39, 0.29) is 36.8 Å². The van der Waals surface area contributed by atoms with Gasteiger partial charge in [0.15, 0.2) is 0 Å². The molecule has 0 aromatic heterocycles. The summed E-state index contributed by atoms with van der Waals surface area (Å²) in [5, 5.41) is 0. The minimum Gasteiger partial charge on any atom is -1.00 e. The molecule has 0 saturated heterocycles. The first kappa shape index (κ1) is 22.5. The van der Waals surface area contributed by atoms with E-state index in [2.05, 4.69) is 41.5 Å². The van der Waals surface area contributed by atoms with Crippen molar-refractivity contribution < 1.29 is 12.4 Å². The van der Waals surface area contributed by atoms with Gasteiger partial charge in [0, 0.05) is 24.4 Å². The Labute approximate surface area is 90.0 Å². The molecule has 0 rings (SSSR count). The Morgan fingerprint density at radius 1 is 0.800 bits per heavy atom. The van der Waals surface area contributed by atoms with Crippen molar-refractivity contribution >= 4 is 24.4 Å². The van der Waals surface area contributed by atoms with Crippen LogP contribution in [-0.2, 0) is 0 Å². The molecule has 0 unspecified atom stereocenters. The first-order chi connectivity index (χ1) is 3.46. The normalized spacial score (nSPS) is 7.20. The summed E-state index contributed by atoms with van der Waals surface area (Å²) in [4.78, 5) is 0. The Balaban J connectivity index is -0.0000000300. The van der Waals surface area contributed by atoms with Crippen LogP contribution in [-0.4, -0.2) is 24.4 Å². The summed E-state index contributed by atoms with van der Waals surface area (Å²) < 4.78 is 0. The molecule has 0 aromatic rings. The maximum Gasteiger partial charge on any atom is 0 e. The summed E-state index contributed by atoms with van der Waals surface area (Å²) in [5.74, 6) is 1.17. The molecule has 0 atom stereocenters. The van der Waals surface area contributed by atoms with Crippen LogP contribution in [0.1, 0.15) is 27.7 Å². The Morgan fingerprint density at radius 2 is 0.800 bits per heavy atom. The summed E-state index contributed by atoms with van der Waals surface area (Å²) in [5.41, 5.74) is 0. The van der Waals surface area contributed by atoms with Crippen LogP contribution >= 0.6 is 0 Å². The SMILES string of the molecule is [CH2]C(C)C.[CH2]C(C)C.[Cl-].[Sb]. The van der Waals surface area contributed by atoms with Crippen LogP contribution in [0, 0.1) is 25.7 Å². The van der Waals surface area contributed by atoms with Crippen LogP contribution in [0.15, 0.2) is 0 Å². The molecule has 0 amide bonds. The van der Waals surface area contributed by atoms with Gasteiger partial charge in [-0.15, -0.1) is 0 Å². The van der Waals surface area contributed by atoms with Gasteiger partial charge in [-0.2, -0.15) is 0 Å². The van der Waals surface area contributed by atoms with Gasteiger partial charge < -0.3 is 12.4 Å². The van der Waals surface area contributed by atoms with Crippen LogP contribution in [0.2, 0.25) is 0 Å². The van der Waals surface area contributed by atoms with Crippen molar-refractivity contribution in [2.45, 2.75) is 27.7 Å². The molecule has 2 heteroatoms. The minimum absolute atomic E-state index is 0. The largest absolute Gasteiger partial charge is 1.00 e. The van der Waals surface area contributed by atoms with Crippen molar-refractivity contribution in [2.75, 3.05) is 0 Å². The average molecular weight is 271 g/mol. The molecule has 0 aliphatic heterocycles. The fourth-order valence-corrected chi connectivity index (χ4v) is 0. The zero-order chi connectivity index (χ0) is 7.15. The zero-order valence-electron chi connectivity index (χ0n) is 7.39. The molecule has 63 valence electrons. The van der Waals surface area contributed by atoms with Gasteiger partial charge in [0.25, 0.3) is 0 Å². The van der Waals surface area contributed by atoms with Crippen LogP contribution in [0.4, 0.5) is 0 Å². The third-order valence-electron chi connectivity index (χ3n) is 0. The van der Waals surface area contributed by atoms with Crippen molar-refractivity contribution in [2.24, 2.45) is 11.8 Å². The second kappa shape index (κ2) is 16.6. The van der Waals surface area contributed by atoms with Crippen molar-refractivity contribution in [1.82, 2.24) is 0 Å². The van der Waals surface area contributed by atoms with Gasteiger partial charge in [-0.25, -0.2) is 0 Å². The van der Waals surface area contributed by atoms with Crippen LogP contribution < -0.4 is 12.4 Å². The number of hydrogen-bond acceptors (Lipinski definition) is 0. The molecule has 0 aromatic carbocycles. The van der Waals surface area contributed by atoms with Gasteiger partial charge in [0.05, 0.1) is 0 Å². The second-order valence-corrected chi connectivity index (χ2v) is 2.79. The average Bonchev–Trinajstić information content (AvgIpc) is 1.25. The predicted octanol–water partition coefficient (Wildman–Crippen LogP) is -0.424. The van der Waals surface area contributed by atoms with Crippen LogP contribution in [0.5, 0.6) is 0 Å². The molecule has 10 heavy (non-hydrogen) atoms. The molecule has 0 saturated carbocycles. The third kappa shape index (κ3) is 488. The topological polar surface area (TPSA) is 0 Å². The van der Waals surface area contributed by atoms with Crippen molar-refractivity contribution in [3.8, 4) is 0 Å². The standard InChI is InChI=1S/2C4H9.ClH.Sb/c2*1-4(2)3;;/h2*4H,1H2,2-3H3;1H;/p-1. The van der Waals surface area contributed by atoms with E-state index in [0.29, 0.717) is 11.8 Å². The summed E-state index contributed by atoms with van der Waals surface area (Å²) >= 11 is 0. The summed E-state index contributed by atoms with van der Waals surface area (Å²) in [6.45, 7) is 15.5. The van der Waals surface area contributed by atoms with Crippen molar-refractivity contribution in [1.29, 1.82) is 0 Å². The van der Waals surface area contributed by atoms with Crippen molar-refractivity contribution in [3.63, 3.8) is 0 Å². The van der Waals surface area contributed by atoms with E-state index in [1.807, 2.05) is 0 Å². The predicted molar refractivity (Wildman–Crippen MR) is 46.1 cm³/mol. The van der Waals surface area contributed by atoms with E-state index in [1.165, 1.54) is 0 Å². The Kier molecular flexibility index (Phi) is 37.3. The first-order valence-corrected chi connectivity index (χ1v) is 3.13. The summed E-state index contributed by atoms with van der Waals surface area (Å²) in [6.07, 6.45) is 0. The Hall–Kier alpha value is 1.11.